The predicted molar refractivity (Wildman–Crippen MR) is 110 cm³/mol. The first-order valence-corrected chi connectivity index (χ1v) is 9.09. The van der Waals surface area contributed by atoms with Crippen molar-refractivity contribution in [2.75, 3.05) is 32.1 Å². The lowest BCUT2D eigenvalue weighted by atomic mass is 10.2. The Morgan fingerprint density at radius 2 is 2.04 bits per heavy atom. The van der Waals surface area contributed by atoms with E-state index in [2.05, 4.69) is 26.9 Å². The Hall–Kier alpha value is -2.82. The van der Waals surface area contributed by atoms with E-state index in [1.165, 1.54) is 6.20 Å². The molecule has 0 saturated heterocycles. The van der Waals surface area contributed by atoms with Crippen molar-refractivity contribution in [3.63, 3.8) is 0 Å². The number of aromatic nitrogens is 1. The number of nitrogens with one attached hydrogen (secondary N) is 3. The Morgan fingerprint density at radius 1 is 1.21 bits per heavy atom. The number of pyridine rings is 1. The monoisotopic (exact) mass is 422 g/mol. The van der Waals surface area contributed by atoms with E-state index in [0.717, 1.165) is 5.56 Å². The maximum Gasteiger partial charge on any atom is 0.315 e. The number of carbonyl (C=O) groups excluding carboxylic acids is 1. The third-order valence-corrected chi connectivity index (χ3v) is 4.00. The Kier molecular flexibility index (Phi) is 8.53. The normalized spacial score (nSPS) is 9.93. The van der Waals surface area contributed by atoms with Gasteiger partial charge in [0.1, 0.15) is 12.4 Å². The van der Waals surface area contributed by atoms with Crippen LogP contribution in [0, 0.1) is 12.3 Å². The zero-order chi connectivity index (χ0) is 20.4. The van der Waals surface area contributed by atoms with E-state index in [1.807, 2.05) is 6.07 Å². The van der Waals surface area contributed by atoms with Gasteiger partial charge in [-0.25, -0.2) is 9.78 Å². The largest absolute Gasteiger partial charge is 0.493 e. The van der Waals surface area contributed by atoms with Gasteiger partial charge in [-0.05, 0) is 23.8 Å². The molecule has 3 N–H and O–H groups in total. The minimum absolute atomic E-state index is 0.132. The fraction of sp³-hybridized carbons (Fsp3) is 0.263. The molecular formula is C19H20Cl2N4O3. The van der Waals surface area contributed by atoms with Gasteiger partial charge in [0, 0.05) is 25.8 Å². The van der Waals surface area contributed by atoms with Crippen LogP contribution in [0.4, 0.5) is 10.6 Å². The van der Waals surface area contributed by atoms with Crippen molar-refractivity contribution in [2.24, 2.45) is 0 Å². The Bertz CT molecular complexity index is 856. The van der Waals surface area contributed by atoms with Gasteiger partial charge in [0.2, 0.25) is 0 Å². The van der Waals surface area contributed by atoms with E-state index in [4.69, 9.17) is 39.1 Å². The highest BCUT2D eigenvalue weighted by Crippen LogP contribution is 2.28. The minimum atomic E-state index is -0.307. The Labute approximate surface area is 173 Å². The maximum absolute atomic E-state index is 11.9. The van der Waals surface area contributed by atoms with Crippen molar-refractivity contribution >= 4 is 35.1 Å². The lowest BCUT2D eigenvalue weighted by molar-refractivity contribution is 0.241. The Morgan fingerprint density at radius 3 is 2.75 bits per heavy atom. The molecule has 0 aliphatic carbocycles. The summed E-state index contributed by atoms with van der Waals surface area (Å²) in [6, 6.07) is 6.64. The summed E-state index contributed by atoms with van der Waals surface area (Å²) in [5, 5.41) is 9.39. The summed E-state index contributed by atoms with van der Waals surface area (Å²) in [6.45, 7) is 1.29. The third-order valence-electron chi connectivity index (χ3n) is 3.50. The number of ether oxygens (including phenoxy) is 2. The summed E-state index contributed by atoms with van der Waals surface area (Å²) in [5.41, 5.74) is 0.846. The number of carbonyl (C=O) groups is 1. The number of rotatable bonds is 9. The van der Waals surface area contributed by atoms with E-state index < -0.39 is 0 Å². The summed E-state index contributed by atoms with van der Waals surface area (Å²) >= 11 is 11.8. The van der Waals surface area contributed by atoms with Crippen molar-refractivity contribution < 1.29 is 14.3 Å². The second-order valence-corrected chi connectivity index (χ2v) is 6.34. The lowest BCUT2D eigenvalue weighted by Gasteiger charge is -2.12. The van der Waals surface area contributed by atoms with Crippen LogP contribution in [-0.2, 0) is 6.54 Å². The highest BCUT2D eigenvalue weighted by atomic mass is 35.5. The predicted octanol–water partition coefficient (Wildman–Crippen LogP) is 3.32. The molecule has 0 saturated carbocycles. The fourth-order valence-corrected chi connectivity index (χ4v) is 2.66. The number of methoxy groups -OCH3 is 1. The molecule has 7 nitrogen and oxygen atoms in total. The molecule has 0 atom stereocenters. The van der Waals surface area contributed by atoms with Gasteiger partial charge in [-0.15, -0.1) is 6.42 Å². The molecule has 1 aromatic carbocycles. The highest BCUT2D eigenvalue weighted by molar-refractivity contribution is 6.35. The van der Waals surface area contributed by atoms with Crippen LogP contribution in [0.5, 0.6) is 11.5 Å². The van der Waals surface area contributed by atoms with Gasteiger partial charge < -0.3 is 25.4 Å². The van der Waals surface area contributed by atoms with Crippen molar-refractivity contribution in [2.45, 2.75) is 6.54 Å². The number of benzene rings is 1. The molecular weight excluding hydrogens is 403 g/mol. The van der Waals surface area contributed by atoms with E-state index in [9.17, 15) is 4.79 Å². The van der Waals surface area contributed by atoms with Crippen LogP contribution in [0.1, 0.15) is 5.56 Å². The molecule has 1 heterocycles. The van der Waals surface area contributed by atoms with Gasteiger partial charge in [-0.3, -0.25) is 0 Å². The number of nitrogens with zero attached hydrogens (tertiary/aromatic N) is 1. The summed E-state index contributed by atoms with van der Waals surface area (Å²) < 4.78 is 10.7. The lowest BCUT2D eigenvalue weighted by Crippen LogP contribution is -2.37. The molecule has 0 aliphatic rings. The molecule has 0 unspecified atom stereocenters. The van der Waals surface area contributed by atoms with Gasteiger partial charge in [0.15, 0.2) is 11.5 Å². The topological polar surface area (TPSA) is 84.5 Å². The van der Waals surface area contributed by atoms with Crippen molar-refractivity contribution in [3.8, 4) is 23.8 Å². The molecule has 0 bridgehead atoms. The van der Waals surface area contributed by atoms with E-state index >= 15 is 0 Å². The van der Waals surface area contributed by atoms with Gasteiger partial charge in [0.05, 0.1) is 17.2 Å². The average molecular weight is 423 g/mol. The molecule has 0 fully saturated rings. The zero-order valence-electron chi connectivity index (χ0n) is 15.2. The number of urea groups is 1. The second-order valence-electron chi connectivity index (χ2n) is 5.50. The Balaban J connectivity index is 1.75. The molecule has 0 radical (unpaired) electrons. The number of hydrogen-bond donors (Lipinski definition) is 3. The number of amides is 2. The smallest absolute Gasteiger partial charge is 0.315 e. The minimum Gasteiger partial charge on any atom is -0.493 e. The third kappa shape index (κ3) is 6.72. The number of hydrogen-bond acceptors (Lipinski definition) is 5. The van der Waals surface area contributed by atoms with Gasteiger partial charge >= 0.3 is 6.03 Å². The first kappa shape index (κ1) is 21.5. The van der Waals surface area contributed by atoms with Crippen LogP contribution in [0.2, 0.25) is 10.0 Å². The average Bonchev–Trinajstić information content (AvgIpc) is 2.69. The summed E-state index contributed by atoms with van der Waals surface area (Å²) in [7, 11) is 1.55. The van der Waals surface area contributed by atoms with Gasteiger partial charge in [0.25, 0.3) is 0 Å². The standard InChI is InChI=1S/C19H20Cl2N4O3/c1-3-8-28-17-9-13(4-5-16(17)27-2)11-25-19(26)23-7-6-22-18-15(21)10-14(20)12-24-18/h1,4-5,9-10,12H,6-8,11H2,2H3,(H,22,24)(H2,23,25,26). The van der Waals surface area contributed by atoms with Crippen LogP contribution in [-0.4, -0.2) is 37.8 Å². The molecule has 2 amide bonds. The van der Waals surface area contributed by atoms with Crippen LogP contribution in [0.3, 0.4) is 0 Å². The van der Waals surface area contributed by atoms with Crippen LogP contribution >= 0.6 is 23.2 Å². The van der Waals surface area contributed by atoms with Crippen LogP contribution in [0.15, 0.2) is 30.5 Å². The first-order chi connectivity index (χ1) is 13.5. The molecule has 1 aromatic heterocycles. The molecule has 0 aliphatic heterocycles. The molecule has 2 rings (SSSR count). The summed E-state index contributed by atoms with van der Waals surface area (Å²) in [5.74, 6) is 4.00. The highest BCUT2D eigenvalue weighted by Gasteiger charge is 2.07. The van der Waals surface area contributed by atoms with Crippen molar-refractivity contribution in [1.29, 1.82) is 0 Å². The molecule has 148 valence electrons. The van der Waals surface area contributed by atoms with Gasteiger partial charge in [-0.1, -0.05) is 35.2 Å². The maximum atomic E-state index is 11.9. The number of anilines is 1. The first-order valence-electron chi connectivity index (χ1n) is 8.33. The fourth-order valence-electron chi connectivity index (χ4n) is 2.21. The molecule has 0 spiro atoms. The van der Waals surface area contributed by atoms with E-state index in [1.54, 1.807) is 25.3 Å². The van der Waals surface area contributed by atoms with Crippen molar-refractivity contribution in [1.82, 2.24) is 15.6 Å². The second kappa shape index (κ2) is 11.1. The van der Waals surface area contributed by atoms with Crippen LogP contribution in [0.25, 0.3) is 0 Å². The van der Waals surface area contributed by atoms with E-state index in [-0.39, 0.29) is 12.6 Å². The quantitative estimate of drug-likeness (QED) is 0.426. The summed E-state index contributed by atoms with van der Waals surface area (Å²) in [6.07, 6.45) is 6.70. The molecule has 2 aromatic rings. The van der Waals surface area contributed by atoms with Crippen molar-refractivity contribution in [3.05, 3.63) is 46.1 Å². The number of terminal acetylenes is 1. The molecule has 9 heteroatoms. The zero-order valence-corrected chi connectivity index (χ0v) is 16.7. The summed E-state index contributed by atoms with van der Waals surface area (Å²) in [4.78, 5) is 16.0. The van der Waals surface area contributed by atoms with Gasteiger partial charge in [-0.2, -0.15) is 0 Å². The van der Waals surface area contributed by atoms with E-state index in [0.29, 0.717) is 47.0 Å². The van der Waals surface area contributed by atoms with Crippen LogP contribution < -0.4 is 25.4 Å². The number of halogens is 2. The molecule has 28 heavy (non-hydrogen) atoms. The SMILES string of the molecule is C#CCOc1cc(CNC(=O)NCCNc2ncc(Cl)cc2Cl)ccc1OC.